The molecule has 7 heteroatoms. The van der Waals surface area contributed by atoms with Crippen LogP contribution in [0.3, 0.4) is 0 Å². The van der Waals surface area contributed by atoms with Crippen molar-refractivity contribution in [3.05, 3.63) is 77.5 Å². The third kappa shape index (κ3) is 5.16. The fraction of sp³-hybridized carbons (Fsp3) is 0.308. The van der Waals surface area contributed by atoms with Crippen LogP contribution in [0.15, 0.2) is 60.7 Å². The van der Waals surface area contributed by atoms with Crippen LogP contribution in [0.2, 0.25) is 0 Å². The number of fused-ring (bicyclic) bond motifs is 1. The van der Waals surface area contributed by atoms with Gasteiger partial charge >= 0.3 is 0 Å². The lowest BCUT2D eigenvalue weighted by molar-refractivity contribution is 0.0950. The number of aromatic nitrogens is 1. The molecule has 1 amide bonds. The molecule has 0 saturated carbocycles. The lowest BCUT2D eigenvalue weighted by Crippen LogP contribution is -2.48. The second kappa shape index (κ2) is 9.60. The Morgan fingerprint density at radius 3 is 2.91 bits per heavy atom. The molecule has 1 aromatic heterocycles. The molecule has 1 saturated heterocycles. The standard InChI is InChI=1S/C26H28N4O3/c1-18-15-30(11-10-27-18)16-22-6-3-7-23(29-22)20-5-2-4-19(12-20)14-28-26(31)21-8-9-24-25(13-21)33-17-32-24/h2-9,12-13,18,27H,10-11,14-17H2,1H3,(H,28,31)/t18-/m0/s1. The maximum atomic E-state index is 12.6. The number of ether oxygens (including phenoxy) is 2. The van der Waals surface area contributed by atoms with Gasteiger partial charge < -0.3 is 20.1 Å². The van der Waals surface area contributed by atoms with E-state index in [-0.39, 0.29) is 12.7 Å². The number of hydrogen-bond donors (Lipinski definition) is 2. The Hall–Kier alpha value is -3.42. The molecular weight excluding hydrogens is 416 g/mol. The summed E-state index contributed by atoms with van der Waals surface area (Å²) in [7, 11) is 0. The van der Waals surface area contributed by atoms with E-state index in [0.29, 0.717) is 29.6 Å². The fourth-order valence-electron chi connectivity index (χ4n) is 4.28. The Balaban J connectivity index is 1.24. The number of hydrogen-bond acceptors (Lipinski definition) is 6. The Kier molecular flexibility index (Phi) is 6.24. The molecule has 0 unspecified atom stereocenters. The third-order valence-corrected chi connectivity index (χ3v) is 5.96. The van der Waals surface area contributed by atoms with Gasteiger partial charge in [0.1, 0.15) is 0 Å². The molecule has 0 radical (unpaired) electrons. The molecule has 0 bridgehead atoms. The minimum atomic E-state index is -0.149. The van der Waals surface area contributed by atoms with Crippen molar-refractivity contribution < 1.29 is 14.3 Å². The smallest absolute Gasteiger partial charge is 0.251 e. The molecule has 0 spiro atoms. The van der Waals surface area contributed by atoms with E-state index in [1.807, 2.05) is 18.2 Å². The van der Waals surface area contributed by atoms with Crippen molar-refractivity contribution >= 4 is 5.91 Å². The minimum Gasteiger partial charge on any atom is -0.454 e. The van der Waals surface area contributed by atoms with Gasteiger partial charge in [-0.3, -0.25) is 14.7 Å². The van der Waals surface area contributed by atoms with Gasteiger partial charge in [-0.1, -0.05) is 24.3 Å². The van der Waals surface area contributed by atoms with Crippen LogP contribution in [0.1, 0.15) is 28.5 Å². The van der Waals surface area contributed by atoms with E-state index in [9.17, 15) is 4.79 Å². The summed E-state index contributed by atoms with van der Waals surface area (Å²) in [6.45, 7) is 6.77. The highest BCUT2D eigenvalue weighted by Gasteiger charge is 2.17. The largest absolute Gasteiger partial charge is 0.454 e. The topological polar surface area (TPSA) is 75.7 Å². The van der Waals surface area contributed by atoms with Crippen molar-refractivity contribution in [2.24, 2.45) is 0 Å². The summed E-state index contributed by atoms with van der Waals surface area (Å²) in [6.07, 6.45) is 0. The average molecular weight is 445 g/mol. The van der Waals surface area contributed by atoms with Gasteiger partial charge in [-0.25, -0.2) is 0 Å². The minimum absolute atomic E-state index is 0.149. The maximum Gasteiger partial charge on any atom is 0.251 e. The Bertz CT molecular complexity index is 1150. The van der Waals surface area contributed by atoms with Crippen molar-refractivity contribution in [2.45, 2.75) is 26.1 Å². The van der Waals surface area contributed by atoms with E-state index in [1.54, 1.807) is 18.2 Å². The summed E-state index contributed by atoms with van der Waals surface area (Å²) in [5.74, 6) is 1.12. The van der Waals surface area contributed by atoms with Crippen LogP contribution < -0.4 is 20.1 Å². The van der Waals surface area contributed by atoms with Gasteiger partial charge in [0.05, 0.1) is 11.4 Å². The molecule has 1 atom stereocenters. The Morgan fingerprint density at radius 2 is 2.00 bits per heavy atom. The van der Waals surface area contributed by atoms with Gasteiger partial charge in [-0.15, -0.1) is 0 Å². The SMILES string of the molecule is C[C@H]1CN(Cc2cccc(-c3cccc(CNC(=O)c4ccc5c(c4)OCO5)c3)n2)CCN1. The summed E-state index contributed by atoms with van der Waals surface area (Å²) >= 11 is 0. The summed E-state index contributed by atoms with van der Waals surface area (Å²) in [5.41, 5.74) is 4.62. The Labute approximate surface area is 193 Å². The van der Waals surface area contributed by atoms with Crippen LogP contribution in [0, 0.1) is 0 Å². The number of carbonyl (C=O) groups is 1. The maximum absolute atomic E-state index is 12.6. The van der Waals surface area contributed by atoms with Crippen LogP contribution in [0.4, 0.5) is 0 Å². The van der Waals surface area contributed by atoms with Gasteiger partial charge in [0.25, 0.3) is 5.91 Å². The first kappa shape index (κ1) is 21.4. The van der Waals surface area contributed by atoms with Gasteiger partial charge in [0.2, 0.25) is 6.79 Å². The van der Waals surface area contributed by atoms with E-state index in [1.165, 1.54) is 0 Å². The van der Waals surface area contributed by atoms with Crippen molar-refractivity contribution in [1.29, 1.82) is 0 Å². The number of nitrogens with zero attached hydrogens (tertiary/aromatic N) is 2. The van der Waals surface area contributed by atoms with Crippen molar-refractivity contribution in [3.8, 4) is 22.8 Å². The molecule has 5 rings (SSSR count). The first-order valence-corrected chi connectivity index (χ1v) is 11.3. The zero-order valence-corrected chi connectivity index (χ0v) is 18.7. The molecule has 2 aliphatic rings. The lowest BCUT2D eigenvalue weighted by Gasteiger charge is -2.31. The lowest BCUT2D eigenvalue weighted by atomic mass is 10.1. The fourth-order valence-corrected chi connectivity index (χ4v) is 4.28. The molecule has 0 aliphatic carbocycles. The van der Waals surface area contributed by atoms with E-state index in [4.69, 9.17) is 14.5 Å². The van der Waals surface area contributed by atoms with Crippen LogP contribution in [-0.4, -0.2) is 48.3 Å². The van der Waals surface area contributed by atoms with Crippen LogP contribution in [-0.2, 0) is 13.1 Å². The summed E-state index contributed by atoms with van der Waals surface area (Å²) in [6, 6.07) is 20.1. The average Bonchev–Trinajstić information content (AvgIpc) is 3.31. The second-order valence-electron chi connectivity index (χ2n) is 8.56. The highest BCUT2D eigenvalue weighted by molar-refractivity contribution is 5.94. The number of piperazine rings is 1. The second-order valence-corrected chi connectivity index (χ2v) is 8.56. The summed E-state index contributed by atoms with van der Waals surface area (Å²) in [5, 5.41) is 6.47. The molecular formula is C26H28N4O3. The molecule has 3 aromatic rings. The first-order chi connectivity index (χ1) is 16.1. The van der Waals surface area contributed by atoms with Crippen molar-refractivity contribution in [1.82, 2.24) is 20.5 Å². The van der Waals surface area contributed by atoms with E-state index in [0.717, 1.165) is 48.7 Å². The Morgan fingerprint density at radius 1 is 1.12 bits per heavy atom. The van der Waals surface area contributed by atoms with Gasteiger partial charge in [-0.2, -0.15) is 0 Å². The zero-order chi connectivity index (χ0) is 22.6. The molecule has 1 fully saturated rings. The number of benzene rings is 2. The normalized spacial score (nSPS) is 17.7. The van der Waals surface area contributed by atoms with E-state index in [2.05, 4.69) is 46.7 Å². The number of nitrogens with one attached hydrogen (secondary N) is 2. The molecule has 33 heavy (non-hydrogen) atoms. The first-order valence-electron chi connectivity index (χ1n) is 11.3. The summed E-state index contributed by atoms with van der Waals surface area (Å²) in [4.78, 5) is 19.9. The number of pyridine rings is 1. The van der Waals surface area contributed by atoms with Crippen molar-refractivity contribution in [2.75, 3.05) is 26.4 Å². The van der Waals surface area contributed by atoms with Crippen LogP contribution in [0.5, 0.6) is 11.5 Å². The van der Waals surface area contributed by atoms with Crippen LogP contribution in [0.25, 0.3) is 11.3 Å². The third-order valence-electron chi connectivity index (χ3n) is 5.96. The van der Waals surface area contributed by atoms with E-state index < -0.39 is 0 Å². The number of carbonyl (C=O) groups excluding carboxylic acids is 1. The predicted molar refractivity (Wildman–Crippen MR) is 126 cm³/mol. The molecule has 170 valence electrons. The molecule has 2 N–H and O–H groups in total. The highest BCUT2D eigenvalue weighted by Crippen LogP contribution is 2.32. The van der Waals surface area contributed by atoms with Gasteiger partial charge in [0, 0.05) is 49.9 Å². The van der Waals surface area contributed by atoms with Crippen LogP contribution >= 0.6 is 0 Å². The monoisotopic (exact) mass is 444 g/mol. The van der Waals surface area contributed by atoms with E-state index >= 15 is 0 Å². The highest BCUT2D eigenvalue weighted by atomic mass is 16.7. The number of amides is 1. The molecule has 3 heterocycles. The predicted octanol–water partition coefficient (Wildman–Crippen LogP) is 3.20. The molecule has 2 aromatic carbocycles. The molecule has 7 nitrogen and oxygen atoms in total. The zero-order valence-electron chi connectivity index (χ0n) is 18.7. The van der Waals surface area contributed by atoms with Gasteiger partial charge in [0.15, 0.2) is 11.5 Å². The summed E-state index contributed by atoms with van der Waals surface area (Å²) < 4.78 is 10.7. The van der Waals surface area contributed by atoms with Gasteiger partial charge in [-0.05, 0) is 48.9 Å². The molecule has 2 aliphatic heterocycles. The quantitative estimate of drug-likeness (QED) is 0.608. The number of rotatable bonds is 6. The van der Waals surface area contributed by atoms with Crippen molar-refractivity contribution in [3.63, 3.8) is 0 Å².